The molecule has 1 aliphatic rings. The van der Waals surface area contributed by atoms with Crippen molar-refractivity contribution in [1.29, 1.82) is 0 Å². The van der Waals surface area contributed by atoms with Crippen LogP contribution in [0, 0.1) is 0 Å². The first kappa shape index (κ1) is 18.5. The molecule has 7 nitrogen and oxygen atoms in total. The fourth-order valence-electron chi connectivity index (χ4n) is 2.76. The molecule has 0 unspecified atom stereocenters. The highest BCUT2D eigenvalue weighted by Crippen LogP contribution is 2.21. The van der Waals surface area contributed by atoms with Gasteiger partial charge in [-0.25, -0.2) is 0 Å². The van der Waals surface area contributed by atoms with Gasteiger partial charge in [-0.3, -0.25) is 15.0 Å². The van der Waals surface area contributed by atoms with Crippen molar-refractivity contribution in [2.24, 2.45) is 5.10 Å². The molecule has 0 radical (unpaired) electrons. The van der Waals surface area contributed by atoms with Gasteiger partial charge in [0.25, 0.3) is 5.91 Å². The number of thiocarbonyl (C=S) groups is 1. The molecule has 1 amide bonds. The van der Waals surface area contributed by atoms with Crippen LogP contribution in [0.5, 0.6) is 0 Å². The maximum atomic E-state index is 11.8. The van der Waals surface area contributed by atoms with Gasteiger partial charge in [0, 0.05) is 16.8 Å². The van der Waals surface area contributed by atoms with Gasteiger partial charge in [-0.15, -0.1) is 0 Å². The topological polar surface area (TPSA) is 103 Å². The molecule has 2 aromatic carbocycles. The standard InChI is InChI=1S/C19H18N4O3S/c24-17(25)11-20-18(26)13-5-8-14(9-6-13)21-19(27)23-22-16-10-7-12-3-1-2-4-15(12)16/h1-6,8-9H,7,10-11H2,(H,20,26)(H,24,25)(H2,21,23,27)/b22-16+. The van der Waals surface area contributed by atoms with E-state index in [9.17, 15) is 9.59 Å². The van der Waals surface area contributed by atoms with Crippen molar-refractivity contribution in [2.75, 3.05) is 11.9 Å². The summed E-state index contributed by atoms with van der Waals surface area (Å²) in [5, 5.41) is 18.6. The summed E-state index contributed by atoms with van der Waals surface area (Å²) in [5.74, 6) is -1.54. The molecule has 4 N–H and O–H groups in total. The van der Waals surface area contributed by atoms with E-state index in [0.29, 0.717) is 16.4 Å². The number of rotatable bonds is 5. The second kappa shape index (κ2) is 8.41. The lowest BCUT2D eigenvalue weighted by atomic mass is 10.1. The van der Waals surface area contributed by atoms with Crippen molar-refractivity contribution in [2.45, 2.75) is 12.8 Å². The lowest BCUT2D eigenvalue weighted by molar-refractivity contribution is -0.135. The van der Waals surface area contributed by atoms with E-state index in [1.165, 1.54) is 5.56 Å². The van der Waals surface area contributed by atoms with Crippen molar-refractivity contribution in [3.63, 3.8) is 0 Å². The lowest BCUT2D eigenvalue weighted by Crippen LogP contribution is -2.29. The number of carboxylic acids is 1. The summed E-state index contributed by atoms with van der Waals surface area (Å²) in [6.45, 7) is -0.420. The first-order valence-electron chi connectivity index (χ1n) is 8.35. The molecule has 0 atom stereocenters. The molecule has 1 aliphatic carbocycles. The summed E-state index contributed by atoms with van der Waals surface area (Å²) < 4.78 is 0. The van der Waals surface area contributed by atoms with Crippen LogP contribution < -0.4 is 16.1 Å². The number of nitrogens with one attached hydrogen (secondary N) is 3. The van der Waals surface area contributed by atoms with E-state index in [1.54, 1.807) is 24.3 Å². The second-order valence-electron chi connectivity index (χ2n) is 5.94. The first-order valence-corrected chi connectivity index (χ1v) is 8.75. The van der Waals surface area contributed by atoms with Crippen molar-refractivity contribution < 1.29 is 14.7 Å². The summed E-state index contributed by atoms with van der Waals surface area (Å²) >= 11 is 5.25. The highest BCUT2D eigenvalue weighted by molar-refractivity contribution is 7.80. The fraction of sp³-hybridized carbons (Fsp3) is 0.158. The van der Waals surface area contributed by atoms with Crippen LogP contribution in [0.2, 0.25) is 0 Å². The van der Waals surface area contributed by atoms with Crippen LogP contribution in [-0.2, 0) is 11.2 Å². The average Bonchev–Trinajstić information content (AvgIpc) is 3.08. The van der Waals surface area contributed by atoms with Crippen LogP contribution >= 0.6 is 12.2 Å². The molecule has 0 heterocycles. The number of amides is 1. The van der Waals surface area contributed by atoms with E-state index >= 15 is 0 Å². The predicted molar refractivity (Wildman–Crippen MR) is 107 cm³/mol. The van der Waals surface area contributed by atoms with Crippen LogP contribution in [0.3, 0.4) is 0 Å². The monoisotopic (exact) mass is 382 g/mol. The van der Waals surface area contributed by atoms with Gasteiger partial charge < -0.3 is 15.7 Å². The Labute approximate surface area is 161 Å². The molecular formula is C19H18N4O3S. The van der Waals surface area contributed by atoms with Gasteiger partial charge >= 0.3 is 5.97 Å². The van der Waals surface area contributed by atoms with E-state index in [0.717, 1.165) is 24.1 Å². The highest BCUT2D eigenvalue weighted by atomic mass is 32.1. The summed E-state index contributed by atoms with van der Waals surface area (Å²) in [7, 11) is 0. The molecule has 0 aromatic heterocycles. The van der Waals surface area contributed by atoms with Gasteiger partial charge in [0.05, 0.1) is 5.71 Å². The zero-order valence-electron chi connectivity index (χ0n) is 14.4. The van der Waals surface area contributed by atoms with Gasteiger partial charge in [0.2, 0.25) is 0 Å². The molecule has 27 heavy (non-hydrogen) atoms. The van der Waals surface area contributed by atoms with Gasteiger partial charge in [-0.2, -0.15) is 5.10 Å². The Hall–Kier alpha value is -3.26. The van der Waals surface area contributed by atoms with Crippen LogP contribution in [0.4, 0.5) is 5.69 Å². The Morgan fingerprint density at radius 1 is 1.07 bits per heavy atom. The number of hydrogen-bond donors (Lipinski definition) is 4. The maximum Gasteiger partial charge on any atom is 0.322 e. The molecule has 0 bridgehead atoms. The molecule has 0 saturated heterocycles. The number of anilines is 1. The number of hydrogen-bond acceptors (Lipinski definition) is 4. The summed E-state index contributed by atoms with van der Waals surface area (Å²) in [6.07, 6.45) is 1.84. The normalized spacial score (nSPS) is 13.7. The summed E-state index contributed by atoms with van der Waals surface area (Å²) in [4.78, 5) is 22.3. The molecule has 0 spiro atoms. The van der Waals surface area contributed by atoms with E-state index in [2.05, 4.69) is 27.2 Å². The zero-order valence-corrected chi connectivity index (χ0v) is 15.2. The minimum Gasteiger partial charge on any atom is -0.480 e. The van der Waals surface area contributed by atoms with Crippen molar-refractivity contribution in [3.05, 3.63) is 65.2 Å². The molecule has 2 aromatic rings. The maximum absolute atomic E-state index is 11.8. The van der Waals surface area contributed by atoms with Gasteiger partial charge in [-0.1, -0.05) is 24.3 Å². The number of aliphatic carboxylic acids is 1. The molecule has 0 aliphatic heterocycles. The number of carbonyl (C=O) groups is 2. The Morgan fingerprint density at radius 2 is 1.81 bits per heavy atom. The minimum absolute atomic E-state index is 0.343. The Kier molecular flexibility index (Phi) is 5.77. The molecule has 8 heteroatoms. The number of carbonyl (C=O) groups excluding carboxylic acids is 1. The van der Waals surface area contributed by atoms with Crippen molar-refractivity contribution in [3.8, 4) is 0 Å². The number of carboxylic acid groups (broad SMARTS) is 1. The molecule has 138 valence electrons. The quantitative estimate of drug-likeness (QED) is 0.467. The summed E-state index contributed by atoms with van der Waals surface area (Å²) in [6, 6.07) is 14.7. The van der Waals surface area contributed by atoms with E-state index in [1.807, 2.05) is 18.2 Å². The van der Waals surface area contributed by atoms with E-state index < -0.39 is 18.4 Å². The average molecular weight is 382 g/mol. The van der Waals surface area contributed by atoms with Crippen molar-refractivity contribution >= 4 is 40.6 Å². The van der Waals surface area contributed by atoms with E-state index in [4.69, 9.17) is 17.3 Å². The number of fused-ring (bicyclic) bond motifs is 1. The summed E-state index contributed by atoms with van der Waals surface area (Å²) in [5.41, 5.74) is 7.30. The third-order valence-electron chi connectivity index (χ3n) is 4.06. The van der Waals surface area contributed by atoms with Crippen LogP contribution in [0.25, 0.3) is 0 Å². The lowest BCUT2D eigenvalue weighted by Gasteiger charge is -2.09. The minimum atomic E-state index is -1.09. The van der Waals surface area contributed by atoms with Crippen LogP contribution in [0.15, 0.2) is 53.6 Å². The SMILES string of the molecule is O=C(O)CNC(=O)c1ccc(NC(=S)N/N=C2\CCc3ccccc32)cc1. The smallest absolute Gasteiger partial charge is 0.322 e. The first-order chi connectivity index (χ1) is 13.0. The molecule has 3 rings (SSSR count). The van der Waals surface area contributed by atoms with Gasteiger partial charge in [0.15, 0.2) is 5.11 Å². The largest absolute Gasteiger partial charge is 0.480 e. The van der Waals surface area contributed by atoms with Crippen LogP contribution in [0.1, 0.15) is 27.9 Å². The fourth-order valence-corrected chi connectivity index (χ4v) is 2.93. The van der Waals surface area contributed by atoms with Crippen molar-refractivity contribution in [1.82, 2.24) is 10.7 Å². The predicted octanol–water partition coefficient (Wildman–Crippen LogP) is 2.14. The van der Waals surface area contributed by atoms with Gasteiger partial charge in [0.1, 0.15) is 6.54 Å². The van der Waals surface area contributed by atoms with Gasteiger partial charge in [-0.05, 0) is 54.9 Å². The third-order valence-corrected chi connectivity index (χ3v) is 4.25. The Morgan fingerprint density at radius 3 is 2.56 bits per heavy atom. The number of aryl methyl sites for hydroxylation is 1. The zero-order chi connectivity index (χ0) is 19.2. The number of benzene rings is 2. The number of hydrazone groups is 1. The Balaban J connectivity index is 1.55. The highest BCUT2D eigenvalue weighted by Gasteiger charge is 2.16. The Bertz CT molecular complexity index is 909. The third kappa shape index (κ3) is 4.89. The molecule has 0 saturated carbocycles. The number of nitrogens with zero attached hydrogens (tertiary/aromatic N) is 1. The molecule has 0 fully saturated rings. The molecular weight excluding hydrogens is 364 g/mol. The van der Waals surface area contributed by atoms with E-state index in [-0.39, 0.29) is 0 Å². The van der Waals surface area contributed by atoms with Crippen LogP contribution in [-0.4, -0.2) is 34.4 Å². The second-order valence-corrected chi connectivity index (χ2v) is 6.34.